The summed E-state index contributed by atoms with van der Waals surface area (Å²) in [6, 6.07) is 0. The minimum Gasteiger partial charge on any atom is -0.376 e. The van der Waals surface area contributed by atoms with E-state index in [4.69, 9.17) is 4.74 Å². The molecule has 0 aromatic rings. The molecule has 0 aromatic heterocycles. The van der Waals surface area contributed by atoms with Gasteiger partial charge in [-0.25, -0.2) is 0 Å². The number of rotatable bonds is 2. The van der Waals surface area contributed by atoms with E-state index in [0.717, 1.165) is 6.92 Å². The van der Waals surface area contributed by atoms with Crippen molar-refractivity contribution in [3.05, 3.63) is 0 Å². The highest BCUT2D eigenvalue weighted by atomic mass is 19.3. The Morgan fingerprint density at radius 1 is 1.58 bits per heavy atom. The third kappa shape index (κ3) is 3.00. The lowest BCUT2D eigenvalue weighted by Gasteiger charge is -2.33. The summed E-state index contributed by atoms with van der Waals surface area (Å²) in [6.45, 7) is 2.14. The number of hydrogen-bond acceptors (Lipinski definition) is 3. The van der Waals surface area contributed by atoms with Gasteiger partial charge in [-0.05, 0) is 7.05 Å². The monoisotopic (exact) mass is 181 g/mol. The molecule has 1 heterocycles. The molecule has 0 aliphatic carbocycles. The molecule has 1 rings (SSSR count). The predicted molar refractivity (Wildman–Crippen MR) is 38.9 cm³/mol. The lowest BCUT2D eigenvalue weighted by atomic mass is 10.4. The Balaban J connectivity index is 2.39. The number of morpholine rings is 1. The van der Waals surface area contributed by atoms with Crippen molar-refractivity contribution in [2.24, 2.45) is 0 Å². The molecular formula is C7H13F2NO2. The first kappa shape index (κ1) is 9.83. The van der Waals surface area contributed by atoms with E-state index in [1.54, 1.807) is 11.9 Å². The molecule has 5 heteroatoms. The third-order valence-electron chi connectivity index (χ3n) is 1.68. The van der Waals surface area contributed by atoms with Crippen LogP contribution in [-0.2, 0) is 9.47 Å². The largest absolute Gasteiger partial charge is 0.376 e. The molecule has 1 atom stereocenters. The Kier molecular flexibility index (Phi) is 2.98. The van der Waals surface area contributed by atoms with Gasteiger partial charge in [0.25, 0.3) is 0 Å². The van der Waals surface area contributed by atoms with Crippen LogP contribution >= 0.6 is 0 Å². The average Bonchev–Trinajstić information content (AvgIpc) is 1.91. The Bertz CT molecular complexity index is 149. The van der Waals surface area contributed by atoms with Crippen LogP contribution in [0.25, 0.3) is 0 Å². The quantitative estimate of drug-likeness (QED) is 0.631. The lowest BCUT2D eigenvalue weighted by Crippen LogP contribution is -2.47. The molecule has 1 aliphatic rings. The Morgan fingerprint density at radius 2 is 2.25 bits per heavy atom. The lowest BCUT2D eigenvalue weighted by molar-refractivity contribution is -0.292. The Morgan fingerprint density at radius 3 is 2.75 bits per heavy atom. The van der Waals surface area contributed by atoms with E-state index < -0.39 is 12.3 Å². The smallest absolute Gasteiger partial charge is 0.354 e. The number of alkyl halides is 2. The van der Waals surface area contributed by atoms with Crippen LogP contribution in [0.3, 0.4) is 0 Å². The van der Waals surface area contributed by atoms with Gasteiger partial charge in [0.1, 0.15) is 6.23 Å². The first-order valence-corrected chi connectivity index (χ1v) is 3.83. The van der Waals surface area contributed by atoms with Gasteiger partial charge in [-0.2, -0.15) is 8.78 Å². The molecule has 1 aliphatic heterocycles. The molecule has 1 fully saturated rings. The second-order valence-corrected chi connectivity index (χ2v) is 2.94. The van der Waals surface area contributed by atoms with Crippen LogP contribution in [0, 0.1) is 0 Å². The van der Waals surface area contributed by atoms with E-state index in [-0.39, 0.29) is 6.61 Å². The van der Waals surface area contributed by atoms with Crippen LogP contribution in [0.4, 0.5) is 8.78 Å². The summed E-state index contributed by atoms with van der Waals surface area (Å²) in [5.74, 6) is 0. The molecule has 0 bridgehead atoms. The van der Waals surface area contributed by atoms with Crippen LogP contribution in [0.2, 0.25) is 0 Å². The van der Waals surface area contributed by atoms with E-state index in [1.807, 2.05) is 0 Å². The van der Waals surface area contributed by atoms with E-state index in [9.17, 15) is 8.78 Å². The molecule has 0 radical (unpaired) electrons. The van der Waals surface area contributed by atoms with Gasteiger partial charge in [0, 0.05) is 13.5 Å². The number of hydrogen-bond donors (Lipinski definition) is 0. The van der Waals surface area contributed by atoms with Crippen LogP contribution in [-0.4, -0.2) is 44.0 Å². The molecule has 0 amide bonds. The van der Waals surface area contributed by atoms with Crippen molar-refractivity contribution in [1.29, 1.82) is 0 Å². The average molecular weight is 181 g/mol. The summed E-state index contributed by atoms with van der Waals surface area (Å²) in [7, 11) is 1.74. The van der Waals surface area contributed by atoms with Gasteiger partial charge in [-0.15, -0.1) is 0 Å². The SMILES string of the molecule is CN1CCOCC1OC(C)(F)F. The topological polar surface area (TPSA) is 21.7 Å². The molecule has 0 spiro atoms. The highest BCUT2D eigenvalue weighted by molar-refractivity contribution is 4.64. The molecule has 1 saturated heterocycles. The second-order valence-electron chi connectivity index (χ2n) is 2.94. The summed E-state index contributed by atoms with van der Waals surface area (Å²) in [4.78, 5) is 1.71. The maximum absolute atomic E-state index is 12.4. The van der Waals surface area contributed by atoms with Gasteiger partial charge < -0.3 is 4.74 Å². The van der Waals surface area contributed by atoms with E-state index in [0.29, 0.717) is 13.2 Å². The van der Waals surface area contributed by atoms with Crippen molar-refractivity contribution in [3.8, 4) is 0 Å². The van der Waals surface area contributed by atoms with Crippen LogP contribution < -0.4 is 0 Å². The normalized spacial score (nSPS) is 27.5. The molecule has 72 valence electrons. The molecule has 3 nitrogen and oxygen atoms in total. The second kappa shape index (κ2) is 3.64. The predicted octanol–water partition coefficient (Wildman–Crippen LogP) is 0.904. The summed E-state index contributed by atoms with van der Waals surface area (Å²) >= 11 is 0. The van der Waals surface area contributed by atoms with Crippen molar-refractivity contribution in [1.82, 2.24) is 4.90 Å². The third-order valence-corrected chi connectivity index (χ3v) is 1.68. The molecule has 0 N–H and O–H groups in total. The van der Waals surface area contributed by atoms with Gasteiger partial charge >= 0.3 is 6.11 Å². The minimum atomic E-state index is -3.08. The fourth-order valence-corrected chi connectivity index (χ4v) is 1.03. The summed E-state index contributed by atoms with van der Waals surface area (Å²) < 4.78 is 34.2. The molecule has 0 aromatic carbocycles. The van der Waals surface area contributed by atoms with Gasteiger partial charge in [-0.1, -0.05) is 0 Å². The first-order valence-electron chi connectivity index (χ1n) is 3.83. The number of likely N-dealkylation sites (N-methyl/N-ethyl adjacent to an activating group) is 1. The molecule has 1 unspecified atom stereocenters. The zero-order valence-corrected chi connectivity index (χ0v) is 7.22. The van der Waals surface area contributed by atoms with E-state index in [1.165, 1.54) is 0 Å². The van der Waals surface area contributed by atoms with Crippen molar-refractivity contribution in [3.63, 3.8) is 0 Å². The van der Waals surface area contributed by atoms with Crippen LogP contribution in [0.1, 0.15) is 6.92 Å². The highest BCUT2D eigenvalue weighted by Crippen LogP contribution is 2.19. The van der Waals surface area contributed by atoms with Gasteiger partial charge in [-0.3, -0.25) is 9.64 Å². The Hall–Kier alpha value is -0.260. The molecular weight excluding hydrogens is 168 g/mol. The number of halogens is 2. The minimum absolute atomic E-state index is 0.208. The van der Waals surface area contributed by atoms with Crippen molar-refractivity contribution < 1.29 is 18.3 Å². The standard InChI is InChI=1S/C7H13F2NO2/c1-7(8,9)12-6-5-11-4-3-10(6)2/h6H,3-5H2,1-2H3. The zero-order chi connectivity index (χ0) is 9.19. The Labute approximate surface area is 70.2 Å². The first-order chi connectivity index (χ1) is 5.49. The van der Waals surface area contributed by atoms with Crippen molar-refractivity contribution >= 4 is 0 Å². The van der Waals surface area contributed by atoms with Gasteiger partial charge in [0.2, 0.25) is 0 Å². The van der Waals surface area contributed by atoms with Crippen LogP contribution in [0.15, 0.2) is 0 Å². The van der Waals surface area contributed by atoms with E-state index in [2.05, 4.69) is 4.74 Å². The van der Waals surface area contributed by atoms with Crippen molar-refractivity contribution in [2.75, 3.05) is 26.8 Å². The van der Waals surface area contributed by atoms with E-state index >= 15 is 0 Å². The molecule has 0 saturated carbocycles. The fourth-order valence-electron chi connectivity index (χ4n) is 1.03. The maximum Gasteiger partial charge on any atom is 0.354 e. The number of nitrogens with zero attached hydrogens (tertiary/aromatic N) is 1. The molecule has 12 heavy (non-hydrogen) atoms. The van der Waals surface area contributed by atoms with Gasteiger partial charge in [0.05, 0.1) is 13.2 Å². The number of ether oxygens (including phenoxy) is 2. The van der Waals surface area contributed by atoms with Crippen molar-refractivity contribution in [2.45, 2.75) is 19.3 Å². The highest BCUT2D eigenvalue weighted by Gasteiger charge is 2.31. The summed E-state index contributed by atoms with van der Waals surface area (Å²) in [5.41, 5.74) is 0. The van der Waals surface area contributed by atoms with Gasteiger partial charge in [0.15, 0.2) is 0 Å². The summed E-state index contributed by atoms with van der Waals surface area (Å²) in [6.07, 6.45) is -3.71. The zero-order valence-electron chi connectivity index (χ0n) is 7.22. The summed E-state index contributed by atoms with van der Waals surface area (Å²) in [5, 5.41) is 0. The van der Waals surface area contributed by atoms with Crippen LogP contribution in [0.5, 0.6) is 0 Å². The maximum atomic E-state index is 12.4. The fraction of sp³-hybridized carbons (Fsp3) is 1.00.